The fourth-order valence-corrected chi connectivity index (χ4v) is 7.34. The molecule has 1 unspecified atom stereocenters. The molecule has 1 aromatic rings. The lowest BCUT2D eigenvalue weighted by Crippen LogP contribution is -2.50. The number of likely N-dealkylation sites (N-methyl/N-ethyl adjacent to an activating group) is 1. The summed E-state index contributed by atoms with van der Waals surface area (Å²) in [6.45, 7) is 3.26. The molecule has 4 rings (SSSR count). The summed E-state index contributed by atoms with van der Waals surface area (Å²) in [7, 11) is -1.01. The van der Waals surface area contributed by atoms with E-state index >= 15 is 0 Å². The van der Waals surface area contributed by atoms with Crippen molar-refractivity contribution in [3.8, 4) is 0 Å². The van der Waals surface area contributed by atoms with E-state index in [0.29, 0.717) is 13.0 Å². The molecule has 2 heterocycles. The van der Waals surface area contributed by atoms with Crippen molar-refractivity contribution in [2.45, 2.75) is 70.0 Å². The Bertz CT molecular complexity index is 861. The van der Waals surface area contributed by atoms with Crippen LogP contribution in [0.4, 0.5) is 5.69 Å². The normalized spacial score (nSPS) is 24.1. The Balaban J connectivity index is 1.43. The van der Waals surface area contributed by atoms with E-state index in [2.05, 4.69) is 34.1 Å². The molecule has 6 nitrogen and oxygen atoms in total. The molecule has 0 aromatic heterocycles. The number of carbonyl (C=O) groups is 1. The van der Waals surface area contributed by atoms with Gasteiger partial charge in [0.25, 0.3) is 0 Å². The number of piperidine rings is 1. The third kappa shape index (κ3) is 5.61. The first-order valence-electron chi connectivity index (χ1n) is 12.0. The van der Waals surface area contributed by atoms with Crippen LogP contribution in [0.3, 0.4) is 0 Å². The van der Waals surface area contributed by atoms with Gasteiger partial charge in [0.05, 0.1) is 18.1 Å². The van der Waals surface area contributed by atoms with Crippen LogP contribution in [0.1, 0.15) is 56.9 Å². The molecular weight excluding hydrogens is 410 g/mol. The zero-order valence-electron chi connectivity index (χ0n) is 18.8. The SMILES string of the molecule is CN(CC(=O)N(C1CCCC1)C1CCS(=O)(=O)C1)Cc1ccccc1N1CCCCC1. The van der Waals surface area contributed by atoms with Gasteiger partial charge in [-0.15, -0.1) is 0 Å². The van der Waals surface area contributed by atoms with Crippen molar-refractivity contribution in [1.82, 2.24) is 9.80 Å². The Morgan fingerprint density at radius 1 is 1.00 bits per heavy atom. The fourth-order valence-electron chi connectivity index (χ4n) is 5.63. The minimum Gasteiger partial charge on any atom is -0.371 e. The van der Waals surface area contributed by atoms with Gasteiger partial charge in [-0.2, -0.15) is 0 Å². The molecule has 31 heavy (non-hydrogen) atoms. The number of carbonyl (C=O) groups excluding carboxylic acids is 1. The molecule has 1 amide bonds. The molecular formula is C24H37N3O3S. The first kappa shape index (κ1) is 22.6. The first-order chi connectivity index (χ1) is 14.9. The number of hydrogen-bond acceptors (Lipinski definition) is 5. The standard InChI is InChI=1S/C24H37N3O3S/c1-25(17-20-9-3-6-12-23(20)26-14-7-2-8-15-26)18-24(28)27(21-10-4-5-11-21)22-13-16-31(29,30)19-22/h3,6,9,12,21-22H,2,4-5,7-8,10-11,13-19H2,1H3. The average Bonchev–Trinajstić information content (AvgIpc) is 3.39. The highest BCUT2D eigenvalue weighted by molar-refractivity contribution is 7.91. The van der Waals surface area contributed by atoms with Crippen LogP contribution in [0.2, 0.25) is 0 Å². The number of hydrogen-bond donors (Lipinski definition) is 0. The molecule has 2 saturated heterocycles. The topological polar surface area (TPSA) is 60.9 Å². The van der Waals surface area contributed by atoms with Gasteiger partial charge in [-0.3, -0.25) is 9.69 Å². The van der Waals surface area contributed by atoms with E-state index in [0.717, 1.165) is 45.3 Å². The molecule has 3 fully saturated rings. The Morgan fingerprint density at radius 2 is 1.71 bits per heavy atom. The van der Waals surface area contributed by atoms with Crippen molar-refractivity contribution in [3.05, 3.63) is 29.8 Å². The Labute approximate surface area is 187 Å². The molecule has 1 aliphatic carbocycles. The van der Waals surface area contributed by atoms with E-state index < -0.39 is 9.84 Å². The largest absolute Gasteiger partial charge is 0.371 e. The van der Waals surface area contributed by atoms with E-state index in [-0.39, 0.29) is 29.5 Å². The van der Waals surface area contributed by atoms with Crippen LogP contribution in [0.25, 0.3) is 0 Å². The number of amides is 1. The second-order valence-corrected chi connectivity index (χ2v) is 11.9. The predicted octanol–water partition coefficient (Wildman–Crippen LogP) is 3.07. The smallest absolute Gasteiger partial charge is 0.237 e. The Hall–Kier alpha value is -1.60. The summed E-state index contributed by atoms with van der Waals surface area (Å²) >= 11 is 0. The fraction of sp³-hybridized carbons (Fsp3) is 0.708. The van der Waals surface area contributed by atoms with Crippen molar-refractivity contribution < 1.29 is 13.2 Å². The number of nitrogens with zero attached hydrogens (tertiary/aromatic N) is 3. The summed E-state index contributed by atoms with van der Waals surface area (Å²) in [5.74, 6) is 0.441. The van der Waals surface area contributed by atoms with Gasteiger partial charge in [-0.05, 0) is 57.2 Å². The zero-order valence-corrected chi connectivity index (χ0v) is 19.7. The van der Waals surface area contributed by atoms with Crippen LogP contribution in [-0.2, 0) is 21.2 Å². The maximum Gasteiger partial charge on any atom is 0.237 e. The van der Waals surface area contributed by atoms with Crippen molar-refractivity contribution in [2.75, 3.05) is 43.1 Å². The summed E-state index contributed by atoms with van der Waals surface area (Å²) in [4.78, 5) is 19.9. The monoisotopic (exact) mass is 447 g/mol. The quantitative estimate of drug-likeness (QED) is 0.643. The summed E-state index contributed by atoms with van der Waals surface area (Å²) in [6, 6.07) is 8.61. The summed E-state index contributed by atoms with van der Waals surface area (Å²) < 4.78 is 24.2. The number of para-hydroxylation sites is 1. The molecule has 172 valence electrons. The van der Waals surface area contributed by atoms with Crippen molar-refractivity contribution in [3.63, 3.8) is 0 Å². The molecule has 3 aliphatic rings. The lowest BCUT2D eigenvalue weighted by molar-refractivity contribution is -0.136. The van der Waals surface area contributed by atoms with Crippen molar-refractivity contribution >= 4 is 21.4 Å². The van der Waals surface area contributed by atoms with Gasteiger partial charge in [0.15, 0.2) is 9.84 Å². The number of rotatable bonds is 7. The number of anilines is 1. The lowest BCUT2D eigenvalue weighted by Gasteiger charge is -2.35. The molecule has 0 bridgehead atoms. The van der Waals surface area contributed by atoms with Crippen LogP contribution in [0.5, 0.6) is 0 Å². The van der Waals surface area contributed by atoms with E-state index in [1.807, 2.05) is 11.9 Å². The Kier molecular flexibility index (Phi) is 7.22. The maximum absolute atomic E-state index is 13.4. The molecule has 0 N–H and O–H groups in total. The highest BCUT2D eigenvalue weighted by Crippen LogP contribution is 2.30. The van der Waals surface area contributed by atoms with Gasteiger partial charge in [0.2, 0.25) is 5.91 Å². The van der Waals surface area contributed by atoms with Crippen LogP contribution in [0.15, 0.2) is 24.3 Å². The Morgan fingerprint density at radius 3 is 2.39 bits per heavy atom. The minimum absolute atomic E-state index is 0.0898. The number of benzene rings is 1. The van der Waals surface area contributed by atoms with E-state index in [1.54, 1.807) is 0 Å². The first-order valence-corrected chi connectivity index (χ1v) is 13.8. The molecule has 1 saturated carbocycles. The third-order valence-corrected chi connectivity index (χ3v) is 8.89. The summed E-state index contributed by atoms with van der Waals surface area (Å²) in [5.41, 5.74) is 2.55. The lowest BCUT2D eigenvalue weighted by atomic mass is 10.1. The third-order valence-electron chi connectivity index (χ3n) is 7.14. The van der Waals surface area contributed by atoms with Gasteiger partial charge < -0.3 is 9.80 Å². The van der Waals surface area contributed by atoms with Crippen LogP contribution >= 0.6 is 0 Å². The van der Waals surface area contributed by atoms with E-state index in [9.17, 15) is 13.2 Å². The summed E-state index contributed by atoms with van der Waals surface area (Å²) in [5, 5.41) is 0. The number of sulfone groups is 1. The average molecular weight is 448 g/mol. The van der Waals surface area contributed by atoms with Gasteiger partial charge in [0.1, 0.15) is 0 Å². The van der Waals surface area contributed by atoms with Crippen LogP contribution in [-0.4, -0.2) is 74.4 Å². The van der Waals surface area contributed by atoms with Crippen molar-refractivity contribution in [1.29, 1.82) is 0 Å². The highest BCUT2D eigenvalue weighted by atomic mass is 32.2. The van der Waals surface area contributed by atoms with Crippen LogP contribution in [0, 0.1) is 0 Å². The second-order valence-electron chi connectivity index (χ2n) is 9.64. The molecule has 7 heteroatoms. The van der Waals surface area contributed by atoms with E-state index in [4.69, 9.17) is 0 Å². The van der Waals surface area contributed by atoms with Gasteiger partial charge in [-0.25, -0.2) is 8.42 Å². The second kappa shape index (κ2) is 9.90. The van der Waals surface area contributed by atoms with Crippen LogP contribution < -0.4 is 4.90 Å². The van der Waals surface area contributed by atoms with Gasteiger partial charge >= 0.3 is 0 Å². The maximum atomic E-state index is 13.4. The highest BCUT2D eigenvalue weighted by Gasteiger charge is 2.39. The zero-order chi connectivity index (χ0) is 21.8. The summed E-state index contributed by atoms with van der Waals surface area (Å²) in [6.07, 6.45) is 8.65. The van der Waals surface area contributed by atoms with E-state index in [1.165, 1.54) is 30.5 Å². The molecule has 0 radical (unpaired) electrons. The van der Waals surface area contributed by atoms with Gasteiger partial charge in [-0.1, -0.05) is 31.0 Å². The predicted molar refractivity (Wildman–Crippen MR) is 125 cm³/mol. The molecule has 0 spiro atoms. The molecule has 2 aliphatic heterocycles. The molecule has 1 aromatic carbocycles. The van der Waals surface area contributed by atoms with Crippen molar-refractivity contribution in [2.24, 2.45) is 0 Å². The van der Waals surface area contributed by atoms with Gasteiger partial charge in [0, 0.05) is 37.4 Å². The molecule has 1 atom stereocenters. The minimum atomic E-state index is -3.01.